The van der Waals surface area contributed by atoms with Crippen LogP contribution in [0.5, 0.6) is 0 Å². The summed E-state index contributed by atoms with van der Waals surface area (Å²) in [5.74, 6) is -1.04. The summed E-state index contributed by atoms with van der Waals surface area (Å²) in [6.07, 6.45) is 1.40. The number of thioether (sulfide) groups is 1. The first-order chi connectivity index (χ1) is 13.4. The predicted molar refractivity (Wildman–Crippen MR) is 111 cm³/mol. The molecule has 1 aromatic carbocycles. The molecule has 0 saturated carbocycles. The molecule has 0 saturated heterocycles. The van der Waals surface area contributed by atoms with Crippen LogP contribution in [0.2, 0.25) is 0 Å². The van der Waals surface area contributed by atoms with E-state index >= 15 is 0 Å². The van der Waals surface area contributed by atoms with Crippen LogP contribution in [0.1, 0.15) is 30.7 Å². The van der Waals surface area contributed by atoms with Gasteiger partial charge < -0.3 is 9.84 Å². The minimum absolute atomic E-state index is 0.0708. The number of fused-ring (bicyclic) bond motifs is 2. The van der Waals surface area contributed by atoms with Crippen molar-refractivity contribution in [1.82, 2.24) is 9.55 Å². The summed E-state index contributed by atoms with van der Waals surface area (Å²) in [7, 11) is 0. The number of carbonyl (C=O) groups is 1. The van der Waals surface area contributed by atoms with Crippen molar-refractivity contribution in [3.8, 4) is 5.69 Å². The normalized spacial score (nSPS) is 18.9. The smallest absolute Gasteiger partial charge is 0.313 e. The molecule has 4 rings (SSSR count). The monoisotopic (exact) mass is 416 g/mol. The highest BCUT2D eigenvalue weighted by Gasteiger charge is 2.33. The quantitative estimate of drug-likeness (QED) is 0.636. The predicted octanol–water partition coefficient (Wildman–Crippen LogP) is 3.87. The maximum Gasteiger partial charge on any atom is 0.313 e. The van der Waals surface area contributed by atoms with Crippen LogP contribution in [-0.2, 0) is 22.6 Å². The number of aliphatic carboxylic acids is 1. The molecule has 1 N–H and O–H groups in total. The van der Waals surface area contributed by atoms with Gasteiger partial charge in [0.1, 0.15) is 10.3 Å². The molecule has 28 heavy (non-hydrogen) atoms. The Kier molecular flexibility index (Phi) is 5.03. The zero-order chi connectivity index (χ0) is 19.9. The summed E-state index contributed by atoms with van der Waals surface area (Å²) < 4.78 is 7.91. The Morgan fingerprint density at radius 3 is 2.82 bits per heavy atom. The van der Waals surface area contributed by atoms with Crippen LogP contribution in [-0.4, -0.2) is 32.0 Å². The van der Waals surface area contributed by atoms with E-state index < -0.39 is 5.97 Å². The molecule has 0 amide bonds. The van der Waals surface area contributed by atoms with Crippen molar-refractivity contribution < 1.29 is 14.6 Å². The topological polar surface area (TPSA) is 81.4 Å². The molecule has 3 heterocycles. The second kappa shape index (κ2) is 7.35. The van der Waals surface area contributed by atoms with Crippen LogP contribution >= 0.6 is 23.1 Å². The van der Waals surface area contributed by atoms with Gasteiger partial charge in [-0.1, -0.05) is 36.9 Å². The Morgan fingerprint density at radius 2 is 2.14 bits per heavy atom. The first kappa shape index (κ1) is 19.2. The summed E-state index contributed by atoms with van der Waals surface area (Å²) in [4.78, 5) is 30.6. The summed E-state index contributed by atoms with van der Waals surface area (Å²) in [5, 5.41) is 9.60. The molecule has 1 aliphatic heterocycles. The summed E-state index contributed by atoms with van der Waals surface area (Å²) >= 11 is 2.63. The number of benzene rings is 1. The average molecular weight is 417 g/mol. The zero-order valence-electron chi connectivity index (χ0n) is 15.6. The lowest BCUT2D eigenvalue weighted by Crippen LogP contribution is -2.37. The molecule has 1 aliphatic rings. The summed E-state index contributed by atoms with van der Waals surface area (Å²) in [6.45, 7) is 4.50. The molecule has 0 radical (unpaired) electrons. The van der Waals surface area contributed by atoms with Crippen molar-refractivity contribution in [2.75, 3.05) is 5.75 Å². The van der Waals surface area contributed by atoms with Gasteiger partial charge in [-0.05, 0) is 25.5 Å². The number of nitrogens with zero attached hydrogens (tertiary/aromatic N) is 2. The maximum absolute atomic E-state index is 13.3. The van der Waals surface area contributed by atoms with E-state index in [1.165, 1.54) is 11.3 Å². The number of hydrogen-bond donors (Lipinski definition) is 1. The number of hydrogen-bond acceptors (Lipinski definition) is 6. The molecule has 0 bridgehead atoms. The van der Waals surface area contributed by atoms with Gasteiger partial charge in [-0.3, -0.25) is 14.2 Å². The molecule has 3 aromatic rings. The van der Waals surface area contributed by atoms with E-state index in [0.29, 0.717) is 23.7 Å². The Labute approximate surface area is 170 Å². The average Bonchev–Trinajstić information content (AvgIpc) is 3.06. The highest BCUT2D eigenvalue weighted by Crippen LogP contribution is 2.36. The van der Waals surface area contributed by atoms with Crippen molar-refractivity contribution in [2.45, 2.75) is 44.1 Å². The molecule has 8 heteroatoms. The van der Waals surface area contributed by atoms with Gasteiger partial charge in [0.2, 0.25) is 5.43 Å². The van der Waals surface area contributed by atoms with Gasteiger partial charge in [0.15, 0.2) is 5.16 Å². The highest BCUT2D eigenvalue weighted by molar-refractivity contribution is 7.99. The number of para-hydroxylation sites is 1. The van der Waals surface area contributed by atoms with E-state index in [0.717, 1.165) is 39.1 Å². The lowest BCUT2D eigenvalue weighted by molar-refractivity contribution is -0.133. The fourth-order valence-electron chi connectivity index (χ4n) is 3.29. The first-order valence-corrected chi connectivity index (χ1v) is 10.8. The van der Waals surface area contributed by atoms with Gasteiger partial charge in [-0.25, -0.2) is 4.98 Å². The number of ether oxygens (including phenoxy) is 1. The van der Waals surface area contributed by atoms with E-state index in [1.807, 2.05) is 41.8 Å². The Morgan fingerprint density at radius 1 is 1.39 bits per heavy atom. The maximum atomic E-state index is 13.3. The molecule has 1 unspecified atom stereocenters. The number of imidazole rings is 1. The van der Waals surface area contributed by atoms with Crippen molar-refractivity contribution in [3.05, 3.63) is 51.0 Å². The van der Waals surface area contributed by atoms with Gasteiger partial charge in [0, 0.05) is 22.5 Å². The third-order valence-corrected chi connectivity index (χ3v) is 7.14. The zero-order valence-corrected chi connectivity index (χ0v) is 17.2. The Balaban J connectivity index is 1.94. The van der Waals surface area contributed by atoms with Gasteiger partial charge in [-0.2, -0.15) is 0 Å². The van der Waals surface area contributed by atoms with Crippen molar-refractivity contribution in [3.63, 3.8) is 0 Å². The number of rotatable bonds is 5. The second-order valence-electron chi connectivity index (χ2n) is 7.00. The number of aromatic nitrogens is 2. The molecule has 2 aromatic heterocycles. The fraction of sp³-hybridized carbons (Fsp3) is 0.350. The van der Waals surface area contributed by atoms with Gasteiger partial charge in [0.05, 0.1) is 18.0 Å². The standard InChI is InChI=1S/C20H20N2O4S2/c1-3-20(2)9-13-14(10-26-20)28-18-16(17(13)25)21-19(27-11-15(23)24)22(18)12-7-5-4-6-8-12/h4-8H,3,9-11H2,1-2H3,(H,23,24). The van der Waals surface area contributed by atoms with Crippen LogP contribution in [0, 0.1) is 0 Å². The van der Waals surface area contributed by atoms with Crippen molar-refractivity contribution in [1.29, 1.82) is 0 Å². The minimum atomic E-state index is -0.922. The molecule has 0 aliphatic carbocycles. The van der Waals surface area contributed by atoms with Crippen LogP contribution < -0.4 is 5.43 Å². The van der Waals surface area contributed by atoms with Crippen LogP contribution in [0.25, 0.3) is 16.0 Å². The van der Waals surface area contributed by atoms with E-state index in [9.17, 15) is 9.59 Å². The van der Waals surface area contributed by atoms with E-state index in [4.69, 9.17) is 9.84 Å². The van der Waals surface area contributed by atoms with Gasteiger partial charge in [0.25, 0.3) is 0 Å². The highest BCUT2D eigenvalue weighted by atomic mass is 32.2. The molecular weight excluding hydrogens is 396 g/mol. The SMILES string of the molecule is CCC1(C)Cc2c(sc3c(nc(SCC(=O)O)n3-c3ccccc3)c2=O)CO1. The molecule has 146 valence electrons. The minimum Gasteiger partial charge on any atom is -0.481 e. The largest absolute Gasteiger partial charge is 0.481 e. The van der Waals surface area contributed by atoms with Crippen LogP contribution in [0.3, 0.4) is 0 Å². The van der Waals surface area contributed by atoms with Gasteiger partial charge >= 0.3 is 5.97 Å². The Hall–Kier alpha value is -2.16. The lowest BCUT2D eigenvalue weighted by Gasteiger charge is -2.33. The molecule has 1 atom stereocenters. The lowest BCUT2D eigenvalue weighted by atomic mass is 9.91. The fourth-order valence-corrected chi connectivity index (χ4v) is 5.24. The van der Waals surface area contributed by atoms with Gasteiger partial charge in [-0.15, -0.1) is 11.3 Å². The number of carboxylic acids is 1. The number of carboxylic acid groups (broad SMARTS) is 1. The third-order valence-electron chi connectivity index (χ3n) is 5.04. The van der Waals surface area contributed by atoms with Crippen molar-refractivity contribution >= 4 is 39.4 Å². The van der Waals surface area contributed by atoms with Crippen LogP contribution in [0.4, 0.5) is 0 Å². The van der Waals surface area contributed by atoms with Crippen molar-refractivity contribution in [2.24, 2.45) is 0 Å². The molecule has 6 nitrogen and oxygen atoms in total. The van der Waals surface area contributed by atoms with E-state index in [2.05, 4.69) is 11.9 Å². The first-order valence-electron chi connectivity index (χ1n) is 9.03. The Bertz CT molecular complexity index is 1110. The molecule has 0 spiro atoms. The van der Waals surface area contributed by atoms with E-state index in [1.54, 1.807) is 0 Å². The van der Waals surface area contributed by atoms with Crippen LogP contribution in [0.15, 0.2) is 40.3 Å². The molecular formula is C20H20N2O4S2. The molecule has 0 fully saturated rings. The second-order valence-corrected chi connectivity index (χ2v) is 9.03. The van der Waals surface area contributed by atoms with E-state index in [-0.39, 0.29) is 16.8 Å². The summed E-state index contributed by atoms with van der Waals surface area (Å²) in [5.41, 5.74) is 1.62. The summed E-state index contributed by atoms with van der Waals surface area (Å²) in [6, 6.07) is 9.57. The third kappa shape index (κ3) is 3.36.